The van der Waals surface area contributed by atoms with E-state index in [1.165, 1.54) is 0 Å². The van der Waals surface area contributed by atoms with Gasteiger partial charge in [-0.25, -0.2) is 0 Å². The highest BCUT2D eigenvalue weighted by Gasteiger charge is 2.33. The van der Waals surface area contributed by atoms with Crippen molar-refractivity contribution in [1.82, 2.24) is 0 Å². The molecule has 128 valence electrons. The van der Waals surface area contributed by atoms with Gasteiger partial charge in [-0.2, -0.15) is 0 Å². The predicted octanol–water partition coefficient (Wildman–Crippen LogP) is 5.58. The number of aliphatic hydroxyl groups excluding tert-OH is 1. The van der Waals surface area contributed by atoms with Crippen molar-refractivity contribution in [3.8, 4) is 11.5 Å². The largest absolute Gasteiger partial charge is 0.388 e. The molecule has 0 aromatic heterocycles. The summed E-state index contributed by atoms with van der Waals surface area (Å²) in [6.45, 7) is 11.5. The maximum Gasteiger partial charge on any atom is 0.138 e. The number of hydrogen-bond acceptors (Lipinski definition) is 1. The van der Waals surface area contributed by atoms with Gasteiger partial charge in [-0.05, 0) is 29.9 Å². The molecule has 0 saturated heterocycles. The summed E-state index contributed by atoms with van der Waals surface area (Å²) in [5, 5.41) is 10.5. The van der Waals surface area contributed by atoms with Crippen LogP contribution in [0.5, 0.6) is 0 Å². The monoisotopic (exact) mass is 338 g/mol. The number of rotatable bonds is 1. The molecule has 1 aliphatic carbocycles. The zero-order valence-corrected chi connectivity index (χ0v) is 16.7. The molecular formula is C22H30OSi. The number of aliphatic hydroxyl groups is 1. The zero-order chi connectivity index (χ0) is 17.8. The lowest BCUT2D eigenvalue weighted by atomic mass is 9.91. The Kier molecular flexibility index (Phi) is 5.94. The zero-order valence-electron chi connectivity index (χ0n) is 15.7. The van der Waals surface area contributed by atoms with Crippen LogP contribution in [-0.2, 0) is 0 Å². The molecule has 2 heteroatoms. The topological polar surface area (TPSA) is 20.2 Å². The average Bonchev–Trinajstić information content (AvgIpc) is 2.53. The Bertz CT molecular complexity index is 689. The van der Waals surface area contributed by atoms with E-state index >= 15 is 0 Å². The second-order valence-electron chi connectivity index (χ2n) is 8.28. The molecular weight excluding hydrogens is 308 g/mol. The molecule has 1 aromatic rings. The van der Waals surface area contributed by atoms with Gasteiger partial charge in [0.1, 0.15) is 8.07 Å². The van der Waals surface area contributed by atoms with Gasteiger partial charge in [-0.3, -0.25) is 0 Å². The Morgan fingerprint density at radius 1 is 1.12 bits per heavy atom. The van der Waals surface area contributed by atoms with Gasteiger partial charge >= 0.3 is 0 Å². The average molecular weight is 339 g/mol. The molecule has 0 amide bonds. The normalized spacial score (nSPS) is 18.4. The highest BCUT2D eigenvalue weighted by atomic mass is 28.3. The molecule has 1 N–H and O–H groups in total. The standard InChI is InChI=1S/C22H30OSi/c1-22(2,3)24(4,5)16-15-19(18-11-7-6-8-12-18)17-20-13-9-10-14-21(20)23/h6-8,11-12,21,23H,9-10,13-14H2,1-5H3/t17?,21-/m1/s1. The van der Waals surface area contributed by atoms with Gasteiger partial charge in [-0.1, -0.05) is 76.5 Å². The van der Waals surface area contributed by atoms with E-state index in [1.54, 1.807) is 0 Å². The molecule has 0 aliphatic heterocycles. The van der Waals surface area contributed by atoms with Gasteiger partial charge in [0.05, 0.1) is 11.7 Å². The molecule has 1 nitrogen and oxygen atoms in total. The Hall–Kier alpha value is -1.52. The van der Waals surface area contributed by atoms with Crippen LogP contribution in [-0.4, -0.2) is 19.3 Å². The third-order valence-electron chi connectivity index (χ3n) is 5.30. The third-order valence-corrected chi connectivity index (χ3v) is 9.80. The van der Waals surface area contributed by atoms with Crippen LogP contribution in [0.2, 0.25) is 18.1 Å². The van der Waals surface area contributed by atoms with Gasteiger partial charge < -0.3 is 5.11 Å². The first kappa shape index (κ1) is 18.8. The first-order valence-corrected chi connectivity index (χ1v) is 12.0. The molecule has 1 saturated carbocycles. The van der Waals surface area contributed by atoms with E-state index in [4.69, 9.17) is 0 Å². The lowest BCUT2D eigenvalue weighted by molar-refractivity contribution is 0.179. The van der Waals surface area contributed by atoms with Gasteiger partial charge in [0.15, 0.2) is 0 Å². The summed E-state index contributed by atoms with van der Waals surface area (Å²) < 4.78 is 0. The van der Waals surface area contributed by atoms with Crippen LogP contribution in [0.4, 0.5) is 0 Å². The van der Waals surface area contributed by atoms with Crippen molar-refractivity contribution >= 4 is 13.6 Å². The fraction of sp³-hybridized carbons (Fsp3) is 0.500. The minimum atomic E-state index is -1.68. The quantitative estimate of drug-likeness (QED) is 0.402. The van der Waals surface area contributed by atoms with E-state index in [-0.39, 0.29) is 11.1 Å². The lowest BCUT2D eigenvalue weighted by Crippen LogP contribution is -2.35. The fourth-order valence-electron chi connectivity index (χ4n) is 2.49. The van der Waals surface area contributed by atoms with Crippen LogP contribution in [0.3, 0.4) is 0 Å². The Labute approximate surface area is 148 Å². The van der Waals surface area contributed by atoms with Crippen molar-refractivity contribution in [2.24, 2.45) is 0 Å². The third kappa shape index (κ3) is 4.74. The molecule has 0 bridgehead atoms. The summed E-state index contributed by atoms with van der Waals surface area (Å²) in [7, 11) is -1.68. The summed E-state index contributed by atoms with van der Waals surface area (Å²) in [5.74, 6) is 3.44. The van der Waals surface area contributed by atoms with Crippen molar-refractivity contribution < 1.29 is 5.11 Å². The van der Waals surface area contributed by atoms with Crippen LogP contribution in [0.15, 0.2) is 41.6 Å². The Morgan fingerprint density at radius 3 is 2.38 bits per heavy atom. The van der Waals surface area contributed by atoms with Crippen molar-refractivity contribution in [2.75, 3.05) is 0 Å². The molecule has 0 unspecified atom stereocenters. The van der Waals surface area contributed by atoms with Crippen LogP contribution in [0.25, 0.3) is 5.57 Å². The first-order chi connectivity index (χ1) is 11.2. The molecule has 1 aromatic carbocycles. The minimum Gasteiger partial charge on any atom is -0.388 e. The van der Waals surface area contributed by atoms with E-state index in [2.05, 4.69) is 63.2 Å². The van der Waals surface area contributed by atoms with Gasteiger partial charge in [0.2, 0.25) is 0 Å². The molecule has 0 heterocycles. The summed E-state index contributed by atoms with van der Waals surface area (Å²) in [5.41, 5.74) is 10.1. The maximum atomic E-state index is 10.3. The van der Waals surface area contributed by atoms with Gasteiger partial charge in [-0.15, -0.1) is 11.3 Å². The Balaban J connectivity index is 2.53. The van der Waals surface area contributed by atoms with Crippen LogP contribution >= 0.6 is 0 Å². The van der Waals surface area contributed by atoms with Gasteiger partial charge in [0, 0.05) is 5.57 Å². The maximum absolute atomic E-state index is 10.3. The van der Waals surface area contributed by atoms with E-state index in [1.807, 2.05) is 18.2 Å². The van der Waals surface area contributed by atoms with Crippen molar-refractivity contribution in [1.29, 1.82) is 0 Å². The molecule has 24 heavy (non-hydrogen) atoms. The number of benzene rings is 1. The van der Waals surface area contributed by atoms with E-state index in [9.17, 15) is 5.11 Å². The van der Waals surface area contributed by atoms with E-state index < -0.39 is 8.07 Å². The molecule has 0 spiro atoms. The highest BCUT2D eigenvalue weighted by Crippen LogP contribution is 2.35. The van der Waals surface area contributed by atoms with E-state index in [0.717, 1.165) is 42.4 Å². The summed E-state index contributed by atoms with van der Waals surface area (Å²) in [6.07, 6.45) is 3.66. The smallest absolute Gasteiger partial charge is 0.138 e. The minimum absolute atomic E-state index is 0.235. The molecule has 2 rings (SSSR count). The van der Waals surface area contributed by atoms with Crippen LogP contribution in [0, 0.1) is 11.5 Å². The SMILES string of the molecule is CC(C)(C)[Si](C)(C)C#CC(=C=C1CCCC[C@H]1O)c1ccccc1. The predicted molar refractivity (Wildman–Crippen MR) is 106 cm³/mol. The molecule has 0 radical (unpaired) electrons. The fourth-order valence-corrected chi connectivity index (χ4v) is 3.30. The van der Waals surface area contributed by atoms with Gasteiger partial charge in [0.25, 0.3) is 0 Å². The molecule has 1 aliphatic rings. The van der Waals surface area contributed by atoms with E-state index in [0.29, 0.717) is 0 Å². The molecule has 1 atom stereocenters. The van der Waals surface area contributed by atoms with Crippen molar-refractivity contribution in [3.63, 3.8) is 0 Å². The first-order valence-electron chi connectivity index (χ1n) is 8.97. The summed E-state index contributed by atoms with van der Waals surface area (Å²) in [6, 6.07) is 10.3. The molecule has 1 fully saturated rings. The van der Waals surface area contributed by atoms with Crippen LogP contribution < -0.4 is 0 Å². The van der Waals surface area contributed by atoms with Crippen molar-refractivity contribution in [3.05, 3.63) is 47.2 Å². The summed E-state index contributed by atoms with van der Waals surface area (Å²) >= 11 is 0. The number of hydrogen-bond donors (Lipinski definition) is 1. The second-order valence-corrected chi connectivity index (χ2v) is 13.3. The Morgan fingerprint density at radius 2 is 1.79 bits per heavy atom. The highest BCUT2D eigenvalue weighted by molar-refractivity contribution is 6.87. The summed E-state index contributed by atoms with van der Waals surface area (Å²) in [4.78, 5) is 0. The van der Waals surface area contributed by atoms with Crippen LogP contribution in [0.1, 0.15) is 52.0 Å². The lowest BCUT2D eigenvalue weighted by Gasteiger charge is -2.31. The second kappa shape index (κ2) is 7.58. The van der Waals surface area contributed by atoms with Crippen molar-refractivity contribution in [2.45, 2.75) is 70.7 Å².